The fraction of sp³-hybridized carbons (Fsp3) is 0.438. The van der Waals surface area contributed by atoms with Gasteiger partial charge in [-0.3, -0.25) is 0 Å². The first-order chi connectivity index (χ1) is 8.90. The van der Waals surface area contributed by atoms with Crippen molar-refractivity contribution in [1.29, 1.82) is 0 Å². The van der Waals surface area contributed by atoms with E-state index in [-0.39, 0.29) is 5.57 Å². The van der Waals surface area contributed by atoms with Crippen LogP contribution in [0.4, 0.5) is 0 Å². The van der Waals surface area contributed by atoms with Gasteiger partial charge in [0, 0.05) is 5.57 Å². The van der Waals surface area contributed by atoms with Crippen molar-refractivity contribution >= 4 is 5.97 Å². The van der Waals surface area contributed by atoms with Crippen LogP contribution in [0, 0.1) is 0 Å². The Hall–Kier alpha value is -1.61. The number of carboxylic acid groups (broad SMARTS) is 1. The van der Waals surface area contributed by atoms with Crippen LogP contribution in [0.1, 0.15) is 40.0 Å². The highest BCUT2D eigenvalue weighted by Gasteiger charge is 1.90. The lowest BCUT2D eigenvalue weighted by Crippen LogP contribution is -1.96. The minimum Gasteiger partial charge on any atom is -0.478 e. The van der Waals surface area contributed by atoms with Crippen molar-refractivity contribution in [3.05, 3.63) is 49.1 Å². The molecule has 0 aromatic heterocycles. The molecule has 3 nitrogen and oxygen atoms in total. The predicted octanol–water partition coefficient (Wildman–Crippen LogP) is 4.09. The SMILES string of the molecule is C=C(C)C(=O)O.C=CC(C=C)=CC.CCCCCN. The first-order valence-corrected chi connectivity index (χ1v) is 6.41. The number of hydrogen-bond acceptors (Lipinski definition) is 2. The zero-order valence-electron chi connectivity index (χ0n) is 12.6. The molecule has 0 saturated carbocycles. The molecule has 0 aliphatic heterocycles. The van der Waals surface area contributed by atoms with E-state index in [9.17, 15) is 4.79 Å². The monoisotopic (exact) mass is 267 g/mol. The van der Waals surface area contributed by atoms with Gasteiger partial charge in [0.15, 0.2) is 0 Å². The smallest absolute Gasteiger partial charge is 0.330 e. The van der Waals surface area contributed by atoms with Crippen LogP contribution in [0.25, 0.3) is 0 Å². The first-order valence-electron chi connectivity index (χ1n) is 6.41. The molecule has 0 spiro atoms. The second kappa shape index (κ2) is 18.7. The number of carboxylic acids is 1. The number of aliphatic carboxylic acids is 1. The maximum Gasteiger partial charge on any atom is 0.330 e. The average Bonchev–Trinajstić information content (AvgIpc) is 2.39. The van der Waals surface area contributed by atoms with Crippen molar-refractivity contribution in [3.63, 3.8) is 0 Å². The summed E-state index contributed by atoms with van der Waals surface area (Å²) in [6.07, 6.45) is 9.25. The molecule has 0 aromatic carbocycles. The summed E-state index contributed by atoms with van der Waals surface area (Å²) in [4.78, 5) is 9.60. The standard InChI is InChI=1S/C7H10.C5H13N.C4H6O2/c1-4-7(5-2)6-3;1-2-3-4-5-6;1-3(2)4(5)6/h4-6H,1-2H2,3H3;2-6H2,1H3;1H2,2H3,(H,5,6). The van der Waals surface area contributed by atoms with E-state index in [1.54, 1.807) is 12.2 Å². The molecule has 0 atom stereocenters. The zero-order valence-corrected chi connectivity index (χ0v) is 12.6. The summed E-state index contributed by atoms with van der Waals surface area (Å²) in [6, 6.07) is 0. The van der Waals surface area contributed by atoms with Gasteiger partial charge in [0.2, 0.25) is 0 Å². The van der Waals surface area contributed by atoms with Crippen LogP contribution in [0.2, 0.25) is 0 Å². The molecule has 3 N–H and O–H groups in total. The fourth-order valence-electron chi connectivity index (χ4n) is 0.713. The Balaban J connectivity index is -0.000000203. The molecular formula is C16H29NO2. The molecule has 0 saturated heterocycles. The molecule has 0 radical (unpaired) electrons. The Morgan fingerprint density at radius 2 is 1.68 bits per heavy atom. The van der Waals surface area contributed by atoms with Crippen LogP contribution >= 0.6 is 0 Å². The number of carbonyl (C=O) groups is 1. The van der Waals surface area contributed by atoms with Crippen LogP contribution in [-0.4, -0.2) is 17.6 Å². The van der Waals surface area contributed by atoms with Crippen molar-refractivity contribution in [2.24, 2.45) is 5.73 Å². The molecule has 0 amide bonds. The van der Waals surface area contributed by atoms with Crippen molar-refractivity contribution < 1.29 is 9.90 Å². The zero-order chi connectivity index (χ0) is 15.7. The topological polar surface area (TPSA) is 63.3 Å². The van der Waals surface area contributed by atoms with E-state index in [0.29, 0.717) is 0 Å². The lowest BCUT2D eigenvalue weighted by molar-refractivity contribution is -0.132. The summed E-state index contributed by atoms with van der Waals surface area (Å²) in [7, 11) is 0. The van der Waals surface area contributed by atoms with Gasteiger partial charge in [-0.1, -0.05) is 57.7 Å². The summed E-state index contributed by atoms with van der Waals surface area (Å²) < 4.78 is 0. The minimum atomic E-state index is -0.935. The summed E-state index contributed by atoms with van der Waals surface area (Å²) in [5, 5.41) is 7.89. The van der Waals surface area contributed by atoms with Gasteiger partial charge < -0.3 is 10.8 Å². The van der Waals surface area contributed by atoms with Gasteiger partial charge in [0.1, 0.15) is 0 Å². The Bertz CT molecular complexity index is 265. The number of nitrogens with two attached hydrogens (primary N) is 1. The van der Waals surface area contributed by atoms with Gasteiger partial charge in [-0.05, 0) is 32.4 Å². The highest BCUT2D eigenvalue weighted by atomic mass is 16.4. The van der Waals surface area contributed by atoms with Crippen LogP contribution < -0.4 is 5.73 Å². The summed E-state index contributed by atoms with van der Waals surface area (Å²) in [5.74, 6) is -0.935. The normalized spacial score (nSPS) is 7.79. The molecule has 0 aliphatic carbocycles. The van der Waals surface area contributed by atoms with Gasteiger partial charge in [0.05, 0.1) is 0 Å². The molecule has 0 aromatic rings. The Morgan fingerprint density at radius 1 is 1.26 bits per heavy atom. The van der Waals surface area contributed by atoms with Crippen molar-refractivity contribution in [2.75, 3.05) is 6.54 Å². The Morgan fingerprint density at radius 3 is 1.74 bits per heavy atom. The third-order valence-electron chi connectivity index (χ3n) is 1.98. The highest BCUT2D eigenvalue weighted by Crippen LogP contribution is 1.92. The molecule has 0 bridgehead atoms. The summed E-state index contributed by atoms with van der Waals surface area (Å²) in [5.41, 5.74) is 6.47. The highest BCUT2D eigenvalue weighted by molar-refractivity contribution is 5.84. The predicted molar refractivity (Wildman–Crippen MR) is 85.2 cm³/mol. The maximum absolute atomic E-state index is 9.60. The third kappa shape index (κ3) is 26.2. The van der Waals surface area contributed by atoms with E-state index in [2.05, 4.69) is 26.7 Å². The molecule has 0 fully saturated rings. The van der Waals surface area contributed by atoms with Gasteiger partial charge in [-0.2, -0.15) is 0 Å². The average molecular weight is 267 g/mol. The quantitative estimate of drug-likeness (QED) is 0.433. The molecule has 19 heavy (non-hydrogen) atoms. The van der Waals surface area contributed by atoms with Crippen LogP contribution in [0.3, 0.4) is 0 Å². The van der Waals surface area contributed by atoms with E-state index < -0.39 is 5.97 Å². The molecule has 0 unspecified atom stereocenters. The second-order valence-electron chi connectivity index (χ2n) is 3.78. The lowest BCUT2D eigenvalue weighted by atomic mass is 10.2. The van der Waals surface area contributed by atoms with Gasteiger partial charge in [0.25, 0.3) is 0 Å². The van der Waals surface area contributed by atoms with Crippen molar-refractivity contribution in [2.45, 2.75) is 40.0 Å². The third-order valence-corrected chi connectivity index (χ3v) is 1.98. The maximum atomic E-state index is 9.60. The van der Waals surface area contributed by atoms with Crippen LogP contribution in [-0.2, 0) is 4.79 Å². The van der Waals surface area contributed by atoms with E-state index in [1.807, 2.05) is 13.0 Å². The van der Waals surface area contributed by atoms with E-state index in [4.69, 9.17) is 10.8 Å². The van der Waals surface area contributed by atoms with Crippen LogP contribution in [0.5, 0.6) is 0 Å². The number of unbranched alkanes of at least 4 members (excludes halogenated alkanes) is 2. The Labute approximate surface area is 118 Å². The van der Waals surface area contributed by atoms with E-state index in [1.165, 1.54) is 26.2 Å². The molecule has 3 heteroatoms. The van der Waals surface area contributed by atoms with Crippen LogP contribution in [0.15, 0.2) is 49.1 Å². The largest absolute Gasteiger partial charge is 0.478 e. The van der Waals surface area contributed by atoms with Gasteiger partial charge >= 0.3 is 5.97 Å². The summed E-state index contributed by atoms with van der Waals surface area (Å²) in [6.45, 7) is 16.7. The van der Waals surface area contributed by atoms with Crippen molar-refractivity contribution in [3.8, 4) is 0 Å². The van der Waals surface area contributed by atoms with Crippen molar-refractivity contribution in [1.82, 2.24) is 0 Å². The van der Waals surface area contributed by atoms with E-state index >= 15 is 0 Å². The first kappa shape index (κ1) is 22.6. The number of allylic oxidation sites excluding steroid dienone is 4. The number of rotatable bonds is 6. The molecule has 0 heterocycles. The van der Waals surface area contributed by atoms with Gasteiger partial charge in [-0.25, -0.2) is 4.79 Å². The number of hydrogen-bond donors (Lipinski definition) is 2. The molecule has 0 aliphatic rings. The molecule has 110 valence electrons. The minimum absolute atomic E-state index is 0.176. The Kier molecular flexibility index (Phi) is 22.3. The van der Waals surface area contributed by atoms with E-state index in [0.717, 1.165) is 12.1 Å². The fourth-order valence-corrected chi connectivity index (χ4v) is 0.713. The van der Waals surface area contributed by atoms with Gasteiger partial charge in [-0.15, -0.1) is 0 Å². The lowest BCUT2D eigenvalue weighted by Gasteiger charge is -1.86. The second-order valence-corrected chi connectivity index (χ2v) is 3.78. The summed E-state index contributed by atoms with van der Waals surface area (Å²) >= 11 is 0. The molecule has 0 rings (SSSR count). The molecular weight excluding hydrogens is 238 g/mol.